The first kappa shape index (κ1) is 14.8. The number of para-hydroxylation sites is 2. The summed E-state index contributed by atoms with van der Waals surface area (Å²) in [4.78, 5) is 12.1. The second-order valence-corrected chi connectivity index (χ2v) is 4.56. The van der Waals surface area contributed by atoms with Crippen LogP contribution in [0.5, 0.6) is 5.75 Å². The summed E-state index contributed by atoms with van der Waals surface area (Å²) in [5.74, 6) is 0.0790. The number of halogens is 1. The van der Waals surface area contributed by atoms with Gasteiger partial charge in [0.15, 0.2) is 0 Å². The van der Waals surface area contributed by atoms with Gasteiger partial charge in [-0.25, -0.2) is 4.39 Å². The molecule has 21 heavy (non-hydrogen) atoms. The van der Waals surface area contributed by atoms with Crippen molar-refractivity contribution < 1.29 is 13.9 Å². The summed E-state index contributed by atoms with van der Waals surface area (Å²) in [6, 6.07) is 12.6. The average Bonchev–Trinajstić information content (AvgIpc) is 2.50. The van der Waals surface area contributed by atoms with Gasteiger partial charge in [-0.05, 0) is 43.3 Å². The molecule has 0 radical (unpaired) electrons. The van der Waals surface area contributed by atoms with E-state index in [0.717, 1.165) is 0 Å². The Morgan fingerprint density at radius 1 is 1.14 bits per heavy atom. The Kier molecular flexibility index (Phi) is 4.77. The summed E-state index contributed by atoms with van der Waals surface area (Å²) in [6.07, 6.45) is 0. The highest BCUT2D eigenvalue weighted by Crippen LogP contribution is 2.23. The molecule has 0 unspecified atom stereocenters. The van der Waals surface area contributed by atoms with Gasteiger partial charge in [0.1, 0.15) is 17.6 Å². The van der Waals surface area contributed by atoms with Crippen molar-refractivity contribution >= 4 is 17.3 Å². The third-order valence-electron chi connectivity index (χ3n) is 2.99. The molecule has 0 saturated carbocycles. The highest BCUT2D eigenvalue weighted by Gasteiger charge is 2.14. The normalized spacial score (nSPS) is 11.6. The molecular formula is C16H17FN2O2. The number of carbonyl (C=O) groups excluding carboxylic acids is 1. The van der Waals surface area contributed by atoms with Gasteiger partial charge in [-0.3, -0.25) is 4.79 Å². The fraction of sp³-hybridized carbons (Fsp3) is 0.188. The maximum absolute atomic E-state index is 12.8. The SMILES string of the molecule is COc1ccccc1NC(=O)[C@H](C)Nc1ccc(F)cc1. The molecule has 0 bridgehead atoms. The molecule has 0 heterocycles. The van der Waals surface area contributed by atoms with Crippen LogP contribution in [0.4, 0.5) is 15.8 Å². The number of hydrogen-bond acceptors (Lipinski definition) is 3. The lowest BCUT2D eigenvalue weighted by Crippen LogP contribution is -2.31. The van der Waals surface area contributed by atoms with Crippen molar-refractivity contribution in [3.8, 4) is 5.75 Å². The summed E-state index contributed by atoms with van der Waals surface area (Å²) in [5, 5.41) is 5.80. The average molecular weight is 288 g/mol. The van der Waals surface area contributed by atoms with E-state index < -0.39 is 6.04 Å². The molecule has 4 nitrogen and oxygen atoms in total. The fourth-order valence-electron chi connectivity index (χ4n) is 1.85. The Morgan fingerprint density at radius 2 is 1.81 bits per heavy atom. The van der Waals surface area contributed by atoms with Crippen molar-refractivity contribution in [1.29, 1.82) is 0 Å². The minimum atomic E-state index is -0.472. The Bertz CT molecular complexity index is 614. The highest BCUT2D eigenvalue weighted by atomic mass is 19.1. The van der Waals surface area contributed by atoms with Crippen LogP contribution in [0, 0.1) is 5.82 Å². The molecule has 0 aliphatic rings. The van der Waals surface area contributed by atoms with Crippen LogP contribution in [-0.2, 0) is 4.79 Å². The summed E-state index contributed by atoms with van der Waals surface area (Å²) in [7, 11) is 1.55. The van der Waals surface area contributed by atoms with E-state index in [1.165, 1.54) is 12.1 Å². The first-order chi connectivity index (χ1) is 10.1. The lowest BCUT2D eigenvalue weighted by atomic mass is 10.2. The molecule has 0 aliphatic heterocycles. The number of amides is 1. The number of ether oxygens (including phenoxy) is 1. The van der Waals surface area contributed by atoms with Gasteiger partial charge in [0.05, 0.1) is 12.8 Å². The van der Waals surface area contributed by atoms with Crippen molar-refractivity contribution in [2.75, 3.05) is 17.7 Å². The van der Waals surface area contributed by atoms with Crippen LogP contribution in [0.1, 0.15) is 6.92 Å². The quantitative estimate of drug-likeness (QED) is 0.887. The van der Waals surface area contributed by atoms with Gasteiger partial charge in [0.2, 0.25) is 5.91 Å². The molecule has 110 valence electrons. The van der Waals surface area contributed by atoms with E-state index >= 15 is 0 Å². The predicted octanol–water partition coefficient (Wildman–Crippen LogP) is 3.27. The van der Waals surface area contributed by atoms with Crippen molar-refractivity contribution in [2.24, 2.45) is 0 Å². The summed E-state index contributed by atoms with van der Waals surface area (Å²) in [6.45, 7) is 1.73. The molecule has 2 N–H and O–H groups in total. The van der Waals surface area contributed by atoms with Crippen molar-refractivity contribution in [3.05, 3.63) is 54.3 Å². The zero-order valence-corrected chi connectivity index (χ0v) is 11.9. The van der Waals surface area contributed by atoms with Gasteiger partial charge in [-0.15, -0.1) is 0 Å². The maximum atomic E-state index is 12.8. The highest BCUT2D eigenvalue weighted by molar-refractivity contribution is 5.97. The van der Waals surface area contributed by atoms with Crippen LogP contribution >= 0.6 is 0 Å². The molecule has 1 atom stereocenters. The molecule has 0 fully saturated rings. The van der Waals surface area contributed by atoms with Crippen LogP contribution in [0.25, 0.3) is 0 Å². The summed E-state index contributed by atoms with van der Waals surface area (Å²) in [5.41, 5.74) is 1.29. The molecule has 0 saturated heterocycles. The third kappa shape index (κ3) is 3.95. The number of benzene rings is 2. The van der Waals surface area contributed by atoms with Crippen molar-refractivity contribution in [1.82, 2.24) is 0 Å². The molecule has 0 aliphatic carbocycles. The second kappa shape index (κ2) is 6.74. The van der Waals surface area contributed by atoms with Crippen LogP contribution < -0.4 is 15.4 Å². The standard InChI is InChI=1S/C16H17FN2O2/c1-11(18-13-9-7-12(17)8-10-13)16(20)19-14-5-3-4-6-15(14)21-2/h3-11,18H,1-2H3,(H,19,20)/t11-/m0/s1. The fourth-order valence-corrected chi connectivity index (χ4v) is 1.85. The van der Waals surface area contributed by atoms with Crippen LogP contribution in [0.3, 0.4) is 0 Å². The van der Waals surface area contributed by atoms with E-state index in [9.17, 15) is 9.18 Å². The monoisotopic (exact) mass is 288 g/mol. The topological polar surface area (TPSA) is 50.4 Å². The van der Waals surface area contributed by atoms with Gasteiger partial charge >= 0.3 is 0 Å². The molecule has 2 aromatic carbocycles. The van der Waals surface area contributed by atoms with Gasteiger partial charge in [0.25, 0.3) is 0 Å². The first-order valence-electron chi connectivity index (χ1n) is 6.56. The lowest BCUT2D eigenvalue weighted by molar-refractivity contribution is -0.116. The Labute approximate surface area is 122 Å². The van der Waals surface area contributed by atoms with Crippen molar-refractivity contribution in [3.63, 3.8) is 0 Å². The van der Waals surface area contributed by atoms with Gasteiger partial charge in [-0.1, -0.05) is 12.1 Å². The minimum Gasteiger partial charge on any atom is -0.495 e. The molecule has 0 spiro atoms. The lowest BCUT2D eigenvalue weighted by Gasteiger charge is -2.16. The Hall–Kier alpha value is -2.56. The third-order valence-corrected chi connectivity index (χ3v) is 2.99. The summed E-state index contributed by atoms with van der Waals surface area (Å²) < 4.78 is 18.0. The molecular weight excluding hydrogens is 271 g/mol. The molecule has 2 aromatic rings. The van der Waals surface area contributed by atoms with Gasteiger partial charge in [0, 0.05) is 5.69 Å². The van der Waals surface area contributed by atoms with E-state index in [2.05, 4.69) is 10.6 Å². The summed E-state index contributed by atoms with van der Waals surface area (Å²) >= 11 is 0. The van der Waals surface area contributed by atoms with Crippen LogP contribution in [0.15, 0.2) is 48.5 Å². The van der Waals surface area contributed by atoms with E-state index in [0.29, 0.717) is 17.1 Å². The minimum absolute atomic E-state index is 0.205. The molecule has 1 amide bonds. The predicted molar refractivity (Wildman–Crippen MR) is 81.1 cm³/mol. The van der Waals surface area contributed by atoms with E-state index in [1.54, 1.807) is 38.3 Å². The second-order valence-electron chi connectivity index (χ2n) is 4.56. The molecule has 0 aromatic heterocycles. The number of rotatable bonds is 5. The largest absolute Gasteiger partial charge is 0.495 e. The van der Waals surface area contributed by atoms with E-state index in [4.69, 9.17) is 4.74 Å². The van der Waals surface area contributed by atoms with Crippen LogP contribution in [-0.4, -0.2) is 19.1 Å². The number of hydrogen-bond donors (Lipinski definition) is 2. The van der Waals surface area contributed by atoms with Gasteiger partial charge in [-0.2, -0.15) is 0 Å². The Morgan fingerprint density at radius 3 is 2.48 bits per heavy atom. The Balaban J connectivity index is 2.01. The smallest absolute Gasteiger partial charge is 0.246 e. The van der Waals surface area contributed by atoms with Gasteiger partial charge < -0.3 is 15.4 Å². The first-order valence-corrected chi connectivity index (χ1v) is 6.56. The maximum Gasteiger partial charge on any atom is 0.246 e. The molecule has 5 heteroatoms. The molecule has 2 rings (SSSR count). The van der Waals surface area contributed by atoms with E-state index in [-0.39, 0.29) is 11.7 Å². The van der Waals surface area contributed by atoms with Crippen LogP contribution in [0.2, 0.25) is 0 Å². The zero-order chi connectivity index (χ0) is 15.2. The number of nitrogens with one attached hydrogen (secondary N) is 2. The number of carbonyl (C=O) groups is 1. The number of methoxy groups -OCH3 is 1. The van der Waals surface area contributed by atoms with Crippen molar-refractivity contribution in [2.45, 2.75) is 13.0 Å². The number of anilines is 2. The zero-order valence-electron chi connectivity index (χ0n) is 11.9. The van der Waals surface area contributed by atoms with E-state index in [1.807, 2.05) is 12.1 Å².